The van der Waals surface area contributed by atoms with Gasteiger partial charge in [0.25, 0.3) is 0 Å². The molecule has 0 unspecified atom stereocenters. The van der Waals surface area contributed by atoms with Gasteiger partial charge in [0.05, 0.1) is 31.0 Å². The number of nitrogens with zero attached hydrogens (tertiary/aromatic N) is 2. The Balaban J connectivity index is 1.74. The number of aromatic nitrogens is 2. The number of thiazole rings is 2. The molecule has 2 aromatic carbocycles. The summed E-state index contributed by atoms with van der Waals surface area (Å²) in [4.78, 5) is 58.2. The molecule has 9 nitrogen and oxygen atoms in total. The standard InChI is InChI=1S/C15H10N2O7P2S2/c18-13(14-16-9-3-1-7(25(19,20)21)5-11(9)27-14)15-17-10-4-2-8(26(22,23)24)6-12(10)28-15/h1-6H,(H2,19,20,21)(H2,22,23,24). The first-order valence-electron chi connectivity index (χ1n) is 7.50. The highest BCUT2D eigenvalue weighted by atomic mass is 32.1. The normalized spacial score (nSPS) is 12.7. The number of fused-ring (bicyclic) bond motifs is 2. The molecule has 0 fully saturated rings. The highest BCUT2D eigenvalue weighted by Gasteiger charge is 2.23. The topological polar surface area (TPSA) is 158 Å². The zero-order chi connectivity index (χ0) is 20.3. The van der Waals surface area contributed by atoms with E-state index in [1.54, 1.807) is 0 Å². The average molecular weight is 456 g/mol. The van der Waals surface area contributed by atoms with E-state index in [2.05, 4.69) is 9.97 Å². The molecular formula is C15H10N2O7P2S2. The Hall–Kier alpha value is -1.81. The van der Waals surface area contributed by atoms with Crippen molar-refractivity contribution in [3.8, 4) is 0 Å². The van der Waals surface area contributed by atoms with Crippen molar-refractivity contribution in [1.29, 1.82) is 0 Å². The van der Waals surface area contributed by atoms with Crippen LogP contribution >= 0.6 is 37.9 Å². The molecule has 0 aliphatic carbocycles. The Morgan fingerprint density at radius 3 is 1.50 bits per heavy atom. The van der Waals surface area contributed by atoms with E-state index in [-0.39, 0.29) is 20.6 Å². The molecule has 28 heavy (non-hydrogen) atoms. The lowest BCUT2D eigenvalue weighted by molar-refractivity contribution is 0.103. The lowest BCUT2D eigenvalue weighted by Gasteiger charge is -2.02. The van der Waals surface area contributed by atoms with Crippen molar-refractivity contribution in [2.24, 2.45) is 0 Å². The molecule has 0 spiro atoms. The van der Waals surface area contributed by atoms with E-state index >= 15 is 0 Å². The smallest absolute Gasteiger partial charge is 0.321 e. The predicted molar refractivity (Wildman–Crippen MR) is 106 cm³/mol. The van der Waals surface area contributed by atoms with Crippen molar-refractivity contribution in [2.75, 3.05) is 0 Å². The van der Waals surface area contributed by atoms with Crippen LogP contribution in [0.4, 0.5) is 0 Å². The summed E-state index contributed by atoms with van der Waals surface area (Å²) in [6.07, 6.45) is 0. The molecule has 0 aliphatic heterocycles. The summed E-state index contributed by atoms with van der Waals surface area (Å²) >= 11 is 1.97. The number of hydrogen-bond donors (Lipinski definition) is 4. The highest BCUT2D eigenvalue weighted by molar-refractivity contribution is 7.60. The fourth-order valence-corrected chi connectivity index (χ4v) is 5.74. The molecular weight excluding hydrogens is 446 g/mol. The maximum atomic E-state index is 12.7. The van der Waals surface area contributed by atoms with Gasteiger partial charge in [-0.3, -0.25) is 13.9 Å². The van der Waals surface area contributed by atoms with Crippen molar-refractivity contribution >= 4 is 74.7 Å². The van der Waals surface area contributed by atoms with Gasteiger partial charge in [0, 0.05) is 0 Å². The molecule has 2 aromatic heterocycles. The van der Waals surface area contributed by atoms with Gasteiger partial charge in [-0.2, -0.15) is 0 Å². The summed E-state index contributed by atoms with van der Waals surface area (Å²) in [7, 11) is -8.83. The van der Waals surface area contributed by atoms with Crippen molar-refractivity contribution in [3.05, 3.63) is 46.4 Å². The molecule has 0 bridgehead atoms. The van der Waals surface area contributed by atoms with Crippen LogP contribution in [-0.2, 0) is 9.13 Å². The van der Waals surface area contributed by atoms with Crippen LogP contribution in [0.2, 0.25) is 0 Å². The van der Waals surface area contributed by atoms with E-state index in [9.17, 15) is 33.5 Å². The Bertz CT molecular complexity index is 1250. The fourth-order valence-electron chi connectivity index (χ4n) is 2.47. The van der Waals surface area contributed by atoms with Gasteiger partial charge in [-0.1, -0.05) is 0 Å². The van der Waals surface area contributed by atoms with Crippen LogP contribution in [0.3, 0.4) is 0 Å². The zero-order valence-corrected chi connectivity index (χ0v) is 17.0. The van der Waals surface area contributed by atoms with E-state index in [0.29, 0.717) is 20.4 Å². The van der Waals surface area contributed by atoms with Crippen LogP contribution in [0.5, 0.6) is 0 Å². The third-order valence-corrected chi connectivity index (χ3v) is 7.74. The number of ketones is 1. The maximum absolute atomic E-state index is 12.7. The SMILES string of the molecule is O=C(c1nc2ccc(P(=O)(O)O)cc2s1)c1nc2ccc(P(=O)(O)O)cc2s1. The predicted octanol–water partition coefficient (Wildman–Crippen LogP) is 1.74. The van der Waals surface area contributed by atoms with Crippen molar-refractivity contribution < 1.29 is 33.5 Å². The molecule has 4 aromatic rings. The minimum atomic E-state index is -4.41. The van der Waals surface area contributed by atoms with Gasteiger partial charge in [0.1, 0.15) is 0 Å². The molecule has 4 N–H and O–H groups in total. The molecule has 0 radical (unpaired) electrons. The third kappa shape index (κ3) is 3.59. The first-order valence-corrected chi connectivity index (χ1v) is 12.4. The Kier molecular flexibility index (Phi) is 4.61. The summed E-state index contributed by atoms with van der Waals surface area (Å²) in [6.45, 7) is 0. The van der Waals surface area contributed by atoms with Crippen LogP contribution in [0, 0.1) is 0 Å². The van der Waals surface area contributed by atoms with Gasteiger partial charge in [-0.25, -0.2) is 9.97 Å². The molecule has 13 heteroatoms. The van der Waals surface area contributed by atoms with Gasteiger partial charge in [-0.15, -0.1) is 22.7 Å². The van der Waals surface area contributed by atoms with Crippen molar-refractivity contribution in [1.82, 2.24) is 9.97 Å². The molecule has 0 amide bonds. The average Bonchev–Trinajstić information content (AvgIpc) is 3.22. The van der Waals surface area contributed by atoms with Crippen molar-refractivity contribution in [3.63, 3.8) is 0 Å². The number of carbonyl (C=O) groups is 1. The first kappa shape index (κ1) is 19.5. The van der Waals surface area contributed by atoms with Gasteiger partial charge in [0.15, 0.2) is 10.0 Å². The maximum Gasteiger partial charge on any atom is 0.356 e. The van der Waals surface area contributed by atoms with Gasteiger partial charge >= 0.3 is 15.2 Å². The molecule has 0 aliphatic rings. The second kappa shape index (κ2) is 6.62. The summed E-state index contributed by atoms with van der Waals surface area (Å²) in [5, 5.41) is -0.112. The second-order valence-corrected chi connectivity index (χ2v) is 11.0. The van der Waals surface area contributed by atoms with Gasteiger partial charge in [0.2, 0.25) is 5.78 Å². The van der Waals surface area contributed by atoms with Crippen LogP contribution in [0.15, 0.2) is 36.4 Å². The van der Waals surface area contributed by atoms with Crippen LogP contribution in [0.25, 0.3) is 20.4 Å². The van der Waals surface area contributed by atoms with Crippen LogP contribution in [-0.4, -0.2) is 35.3 Å². The minimum absolute atomic E-state index is 0.104. The molecule has 0 saturated heterocycles. The largest absolute Gasteiger partial charge is 0.356 e. The third-order valence-electron chi connectivity index (χ3n) is 3.81. The van der Waals surface area contributed by atoms with Gasteiger partial charge in [-0.05, 0) is 36.4 Å². The number of hydrogen-bond acceptors (Lipinski definition) is 7. The van der Waals surface area contributed by atoms with Crippen LogP contribution < -0.4 is 10.6 Å². The van der Waals surface area contributed by atoms with E-state index < -0.39 is 21.0 Å². The summed E-state index contributed by atoms with van der Waals surface area (Å²) in [5.74, 6) is -0.474. The van der Waals surface area contributed by atoms with E-state index in [4.69, 9.17) is 0 Å². The minimum Gasteiger partial charge on any atom is -0.321 e. The Morgan fingerprint density at radius 1 is 0.750 bits per heavy atom. The molecule has 0 atom stereocenters. The fraction of sp³-hybridized carbons (Fsp3) is 0. The summed E-state index contributed by atoms with van der Waals surface area (Å²) in [5.41, 5.74) is 0.853. The number of benzene rings is 2. The number of rotatable bonds is 4. The van der Waals surface area contributed by atoms with E-state index in [0.717, 1.165) is 22.7 Å². The van der Waals surface area contributed by atoms with E-state index in [1.165, 1.54) is 36.4 Å². The highest BCUT2D eigenvalue weighted by Crippen LogP contribution is 2.37. The lowest BCUT2D eigenvalue weighted by Crippen LogP contribution is -2.02. The Morgan fingerprint density at radius 2 is 1.14 bits per heavy atom. The molecule has 4 rings (SSSR count). The quantitative estimate of drug-likeness (QED) is 0.265. The summed E-state index contributed by atoms with van der Waals surface area (Å²) < 4.78 is 23.7. The molecule has 0 saturated carbocycles. The lowest BCUT2D eigenvalue weighted by atomic mass is 10.3. The second-order valence-electron chi connectivity index (χ2n) is 5.76. The zero-order valence-electron chi connectivity index (χ0n) is 13.6. The van der Waals surface area contributed by atoms with Crippen molar-refractivity contribution in [2.45, 2.75) is 0 Å². The Labute approximate surface area is 164 Å². The molecule has 144 valence electrons. The van der Waals surface area contributed by atoms with Gasteiger partial charge < -0.3 is 19.6 Å². The first-order chi connectivity index (χ1) is 13.0. The summed E-state index contributed by atoms with van der Waals surface area (Å²) in [6, 6.07) is 7.99. The van der Waals surface area contributed by atoms with Crippen LogP contribution in [0.1, 0.15) is 14.8 Å². The van der Waals surface area contributed by atoms with E-state index in [1.807, 2.05) is 0 Å². The monoisotopic (exact) mass is 456 g/mol. The number of carbonyl (C=O) groups excluding carboxylic acids is 1. The molecule has 2 heterocycles.